The minimum atomic E-state index is -1.11. The van der Waals surface area contributed by atoms with Gasteiger partial charge in [-0.1, -0.05) is 19.7 Å². The lowest BCUT2D eigenvalue weighted by atomic mass is 9.60. The van der Waals surface area contributed by atoms with E-state index < -0.39 is 6.29 Å². The van der Waals surface area contributed by atoms with Crippen LogP contribution in [0, 0.1) is 17.8 Å². The van der Waals surface area contributed by atoms with Crippen LogP contribution in [0.15, 0.2) is 0 Å². The van der Waals surface area contributed by atoms with Gasteiger partial charge in [0, 0.05) is 5.92 Å². The molecule has 0 aromatic heterocycles. The predicted molar refractivity (Wildman–Crippen MR) is 51.6 cm³/mol. The summed E-state index contributed by atoms with van der Waals surface area (Å²) in [7, 11) is 2.26. The Bertz CT molecular complexity index is 137. The second kappa shape index (κ2) is 3.80. The molecule has 2 atom stereocenters. The van der Waals surface area contributed by atoms with E-state index in [1.54, 1.807) is 0 Å². The molecule has 1 aliphatic carbocycles. The summed E-state index contributed by atoms with van der Waals surface area (Å²) in [5.41, 5.74) is 0. The second-order valence-electron chi connectivity index (χ2n) is 4.46. The molecule has 2 nitrogen and oxygen atoms in total. The fourth-order valence-corrected chi connectivity index (χ4v) is 2.28. The summed E-state index contributed by atoms with van der Waals surface area (Å²) in [6.07, 6.45) is 0.814. The number of hydrogen-bond donors (Lipinski definition) is 2. The van der Waals surface area contributed by atoms with E-state index in [0.29, 0.717) is 11.8 Å². The average Bonchev–Trinajstić information content (AvgIpc) is 1.99. The molecule has 70 valence electrons. The summed E-state index contributed by atoms with van der Waals surface area (Å²) in [5, 5.41) is 18.1. The van der Waals surface area contributed by atoms with Gasteiger partial charge in [0.15, 0.2) is 6.29 Å². The average molecular weight is 170 g/mol. The van der Waals surface area contributed by atoms with Crippen molar-refractivity contribution in [1.82, 2.24) is 0 Å². The van der Waals surface area contributed by atoms with E-state index >= 15 is 0 Å². The van der Waals surface area contributed by atoms with Crippen LogP contribution in [-0.2, 0) is 0 Å². The molecule has 1 aliphatic rings. The van der Waals surface area contributed by atoms with Gasteiger partial charge in [-0.25, -0.2) is 0 Å². The summed E-state index contributed by atoms with van der Waals surface area (Å²) >= 11 is 0. The van der Waals surface area contributed by atoms with Crippen LogP contribution in [0.4, 0.5) is 0 Å². The van der Waals surface area contributed by atoms with Gasteiger partial charge >= 0.3 is 0 Å². The Morgan fingerprint density at radius 3 is 1.92 bits per heavy atom. The molecule has 0 aromatic carbocycles. The number of hydrogen-bond acceptors (Lipinski definition) is 2. The minimum absolute atomic E-state index is 0.103. The third-order valence-corrected chi connectivity index (χ3v) is 3.57. The van der Waals surface area contributed by atoms with Crippen LogP contribution in [0.25, 0.3) is 0 Å². The Kier molecular flexibility index (Phi) is 3.19. The predicted octanol–water partition coefficient (Wildman–Crippen LogP) is 0.401. The molecular formula is C9H19BO2. The normalized spacial score (nSPS) is 43.4. The molecule has 1 rings (SSSR count). The van der Waals surface area contributed by atoms with Crippen molar-refractivity contribution in [3.8, 4) is 0 Å². The van der Waals surface area contributed by atoms with Crippen molar-refractivity contribution < 1.29 is 10.2 Å². The summed E-state index contributed by atoms with van der Waals surface area (Å²) in [4.78, 5) is 0. The monoisotopic (exact) mass is 170 g/mol. The van der Waals surface area contributed by atoms with Crippen LogP contribution < -0.4 is 0 Å². The van der Waals surface area contributed by atoms with Gasteiger partial charge in [0.1, 0.15) is 7.85 Å². The van der Waals surface area contributed by atoms with Crippen molar-refractivity contribution in [2.75, 3.05) is 0 Å². The third kappa shape index (κ3) is 2.02. The number of aliphatic hydroxyl groups is 2. The maximum atomic E-state index is 9.05. The lowest BCUT2D eigenvalue weighted by Gasteiger charge is -2.37. The molecule has 0 radical (unpaired) electrons. The van der Waals surface area contributed by atoms with Crippen LogP contribution in [-0.4, -0.2) is 24.3 Å². The Hall–Kier alpha value is -0.0151. The van der Waals surface area contributed by atoms with Crippen LogP contribution in [0.5, 0.6) is 0 Å². The first-order valence-electron chi connectivity index (χ1n) is 4.88. The Morgan fingerprint density at radius 1 is 1.17 bits per heavy atom. The largest absolute Gasteiger partial charge is 0.368 e. The summed E-state index contributed by atoms with van der Waals surface area (Å²) in [6, 6.07) is 0. The lowest BCUT2D eigenvalue weighted by molar-refractivity contribution is -0.102. The van der Waals surface area contributed by atoms with Gasteiger partial charge in [0.2, 0.25) is 0 Å². The van der Waals surface area contributed by atoms with Gasteiger partial charge in [-0.15, -0.1) is 0 Å². The van der Waals surface area contributed by atoms with Crippen LogP contribution in [0.2, 0.25) is 5.82 Å². The zero-order chi connectivity index (χ0) is 9.30. The van der Waals surface area contributed by atoms with Gasteiger partial charge in [0.25, 0.3) is 0 Å². The molecule has 0 saturated heterocycles. The molecule has 0 heterocycles. The maximum absolute atomic E-state index is 9.05. The Labute approximate surface area is 75.4 Å². The Morgan fingerprint density at radius 2 is 1.58 bits per heavy atom. The first kappa shape index (κ1) is 10.1. The molecule has 3 heteroatoms. The summed E-state index contributed by atoms with van der Waals surface area (Å²) in [6.45, 7) is 4.41. The van der Waals surface area contributed by atoms with E-state index in [4.69, 9.17) is 10.2 Å². The molecule has 0 aliphatic heterocycles. The highest BCUT2D eigenvalue weighted by Gasteiger charge is 2.32. The summed E-state index contributed by atoms with van der Waals surface area (Å²) in [5.74, 6) is 2.08. The fourth-order valence-electron chi connectivity index (χ4n) is 2.28. The first-order chi connectivity index (χ1) is 5.52. The van der Waals surface area contributed by atoms with E-state index in [1.165, 1.54) is 0 Å². The smallest absolute Gasteiger partial charge is 0.154 e. The summed E-state index contributed by atoms with van der Waals surface area (Å²) < 4.78 is 0. The zero-order valence-corrected chi connectivity index (χ0v) is 8.20. The van der Waals surface area contributed by atoms with Crippen molar-refractivity contribution in [2.45, 2.75) is 38.8 Å². The quantitative estimate of drug-likeness (QED) is 0.441. The SMILES string of the molecule is BC1C(C)CC(C(O)O)CC1C. The van der Waals surface area contributed by atoms with Crippen LogP contribution in [0.3, 0.4) is 0 Å². The van der Waals surface area contributed by atoms with Gasteiger partial charge < -0.3 is 10.2 Å². The van der Waals surface area contributed by atoms with Gasteiger partial charge in [-0.05, 0) is 24.7 Å². The topological polar surface area (TPSA) is 40.5 Å². The molecule has 0 aromatic rings. The van der Waals surface area contributed by atoms with Crippen LogP contribution >= 0.6 is 0 Å². The molecule has 0 bridgehead atoms. The number of rotatable bonds is 1. The minimum Gasteiger partial charge on any atom is -0.368 e. The van der Waals surface area contributed by atoms with Crippen molar-refractivity contribution in [2.24, 2.45) is 17.8 Å². The van der Waals surface area contributed by atoms with E-state index in [9.17, 15) is 0 Å². The fraction of sp³-hybridized carbons (Fsp3) is 1.00. The van der Waals surface area contributed by atoms with Crippen molar-refractivity contribution >= 4 is 7.85 Å². The van der Waals surface area contributed by atoms with E-state index in [1.807, 2.05) is 0 Å². The van der Waals surface area contributed by atoms with Crippen molar-refractivity contribution in [3.05, 3.63) is 0 Å². The van der Waals surface area contributed by atoms with E-state index in [0.717, 1.165) is 18.7 Å². The molecule has 0 spiro atoms. The van der Waals surface area contributed by atoms with Crippen LogP contribution in [0.1, 0.15) is 26.7 Å². The second-order valence-corrected chi connectivity index (χ2v) is 4.46. The number of aliphatic hydroxyl groups excluding tert-OH is 1. The highest BCUT2D eigenvalue weighted by Crippen LogP contribution is 2.40. The van der Waals surface area contributed by atoms with Gasteiger partial charge in [0.05, 0.1) is 0 Å². The highest BCUT2D eigenvalue weighted by molar-refractivity contribution is 6.12. The maximum Gasteiger partial charge on any atom is 0.154 e. The van der Waals surface area contributed by atoms with E-state index in [-0.39, 0.29) is 5.92 Å². The van der Waals surface area contributed by atoms with Gasteiger partial charge in [-0.2, -0.15) is 0 Å². The van der Waals surface area contributed by atoms with Crippen molar-refractivity contribution in [1.29, 1.82) is 0 Å². The molecule has 2 N–H and O–H groups in total. The molecule has 1 fully saturated rings. The molecule has 2 unspecified atom stereocenters. The molecular weight excluding hydrogens is 151 g/mol. The third-order valence-electron chi connectivity index (χ3n) is 3.57. The molecule has 12 heavy (non-hydrogen) atoms. The molecule has 0 amide bonds. The van der Waals surface area contributed by atoms with E-state index in [2.05, 4.69) is 21.7 Å². The van der Waals surface area contributed by atoms with Gasteiger partial charge in [-0.3, -0.25) is 0 Å². The Balaban J connectivity index is 2.53. The van der Waals surface area contributed by atoms with Crippen molar-refractivity contribution in [3.63, 3.8) is 0 Å². The standard InChI is InChI=1S/C9H19BO2/c1-5-3-7(9(11)12)4-6(2)8(5)10/h5-9,11-12H,3-4,10H2,1-2H3. The first-order valence-corrected chi connectivity index (χ1v) is 4.88. The highest BCUT2D eigenvalue weighted by atomic mass is 16.5. The molecule has 1 saturated carbocycles. The lowest BCUT2D eigenvalue weighted by Crippen LogP contribution is -2.32. The zero-order valence-electron chi connectivity index (χ0n) is 8.20.